The van der Waals surface area contributed by atoms with Gasteiger partial charge in [0.2, 0.25) is 0 Å². The van der Waals surface area contributed by atoms with E-state index in [1.807, 2.05) is 0 Å². The average molecular weight is 501 g/mol. The van der Waals surface area contributed by atoms with Crippen LogP contribution in [0.1, 0.15) is 137 Å². The molecule has 3 saturated carbocycles. The van der Waals surface area contributed by atoms with E-state index in [1.54, 1.807) is 5.57 Å². The van der Waals surface area contributed by atoms with Gasteiger partial charge in [-0.2, -0.15) is 0 Å². The zero-order valence-corrected chi connectivity index (χ0v) is 24.2. The predicted molar refractivity (Wildman–Crippen MR) is 149 cm³/mol. The van der Waals surface area contributed by atoms with Gasteiger partial charge in [-0.05, 0) is 111 Å². The number of fused-ring (bicyclic) bond motifs is 5. The van der Waals surface area contributed by atoms with E-state index < -0.39 is 0 Å². The van der Waals surface area contributed by atoms with Gasteiger partial charge in [0.05, 0.1) is 6.10 Å². The van der Waals surface area contributed by atoms with E-state index in [-0.39, 0.29) is 18.2 Å². The largest absolute Gasteiger partial charge is 0.462 e. The fraction of sp³-hybridized carbons (Fsp3) is 0.909. The lowest BCUT2D eigenvalue weighted by Gasteiger charge is -2.58. The number of unbranched alkanes of at least 4 members (excludes halogenated alkanes) is 2. The molecule has 0 aromatic rings. The van der Waals surface area contributed by atoms with E-state index in [4.69, 9.17) is 4.74 Å². The highest BCUT2D eigenvalue weighted by Gasteiger charge is 2.59. The van der Waals surface area contributed by atoms with Crippen molar-refractivity contribution in [3.63, 3.8) is 0 Å². The van der Waals surface area contributed by atoms with Crippen LogP contribution in [0.15, 0.2) is 11.6 Å². The van der Waals surface area contributed by atoms with E-state index in [0.29, 0.717) is 23.2 Å². The smallest absolute Gasteiger partial charge is 0.306 e. The Morgan fingerprint density at radius 3 is 2.44 bits per heavy atom. The summed E-state index contributed by atoms with van der Waals surface area (Å²) in [4.78, 5) is 12.8. The standard InChI is InChI=1S/C33H56O3/c1-6-8-10-26(11-9-7-2)36-31(35)17-12-23(3)28-15-16-29-27-14-13-24-22-25(34)18-20-32(24,4)30(27)19-21-33(28,29)5/h13,23,25-30,34H,6-12,14-22H2,1-5H3/t23?,25-,27-,28+,29-,30-,32-,33+/m0/s1. The van der Waals surface area contributed by atoms with Gasteiger partial charge in [-0.3, -0.25) is 4.79 Å². The summed E-state index contributed by atoms with van der Waals surface area (Å²) in [5, 5.41) is 10.3. The number of ether oxygens (including phenoxy) is 1. The number of hydrogen-bond acceptors (Lipinski definition) is 3. The van der Waals surface area contributed by atoms with Crippen molar-refractivity contribution in [2.75, 3.05) is 0 Å². The topological polar surface area (TPSA) is 46.5 Å². The van der Waals surface area contributed by atoms with Gasteiger partial charge in [0, 0.05) is 6.42 Å². The molecule has 0 heterocycles. The minimum absolute atomic E-state index is 0.0415. The Morgan fingerprint density at radius 2 is 1.75 bits per heavy atom. The lowest BCUT2D eigenvalue weighted by Crippen LogP contribution is -2.50. The van der Waals surface area contributed by atoms with Gasteiger partial charge in [-0.1, -0.05) is 72.0 Å². The summed E-state index contributed by atoms with van der Waals surface area (Å²) < 4.78 is 5.98. The number of esters is 1. The third-order valence-electron chi connectivity index (χ3n) is 11.7. The van der Waals surface area contributed by atoms with Crippen molar-refractivity contribution < 1.29 is 14.6 Å². The summed E-state index contributed by atoms with van der Waals surface area (Å²) in [5.41, 5.74) is 2.32. The first kappa shape index (κ1) is 28.2. The van der Waals surface area contributed by atoms with Crippen molar-refractivity contribution in [2.24, 2.45) is 40.4 Å². The predicted octanol–water partition coefficient (Wildman–Crippen LogP) is 8.63. The maximum atomic E-state index is 12.8. The van der Waals surface area contributed by atoms with Crippen molar-refractivity contribution in [3.8, 4) is 0 Å². The van der Waals surface area contributed by atoms with Gasteiger partial charge in [0.1, 0.15) is 6.10 Å². The van der Waals surface area contributed by atoms with Crippen LogP contribution in [-0.4, -0.2) is 23.3 Å². The fourth-order valence-electron chi connectivity index (χ4n) is 9.53. The van der Waals surface area contributed by atoms with Crippen molar-refractivity contribution in [3.05, 3.63) is 11.6 Å². The van der Waals surface area contributed by atoms with E-state index in [9.17, 15) is 9.90 Å². The summed E-state index contributed by atoms with van der Waals surface area (Å²) in [7, 11) is 0. The van der Waals surface area contributed by atoms with Gasteiger partial charge in [-0.15, -0.1) is 0 Å². The van der Waals surface area contributed by atoms with Crippen molar-refractivity contribution in [1.29, 1.82) is 0 Å². The molecular formula is C33H56O3. The Balaban J connectivity index is 1.34. The molecule has 36 heavy (non-hydrogen) atoms. The van der Waals surface area contributed by atoms with E-state index in [0.717, 1.165) is 68.6 Å². The maximum Gasteiger partial charge on any atom is 0.306 e. The molecule has 3 heteroatoms. The molecule has 0 spiro atoms. The van der Waals surface area contributed by atoms with E-state index in [1.165, 1.54) is 51.4 Å². The number of aliphatic hydroxyl groups is 1. The number of allylic oxidation sites excluding steroid dienone is 1. The first-order chi connectivity index (χ1) is 17.2. The van der Waals surface area contributed by atoms with Crippen LogP contribution in [0.2, 0.25) is 0 Å². The molecule has 4 rings (SSSR count). The number of rotatable bonds is 11. The number of hydrogen-bond donors (Lipinski definition) is 1. The lowest BCUT2D eigenvalue weighted by molar-refractivity contribution is -0.150. The molecule has 4 aliphatic carbocycles. The molecule has 4 aliphatic rings. The van der Waals surface area contributed by atoms with Crippen LogP contribution in [0.3, 0.4) is 0 Å². The first-order valence-electron chi connectivity index (χ1n) is 15.8. The molecule has 0 radical (unpaired) electrons. The highest BCUT2D eigenvalue weighted by atomic mass is 16.5. The van der Waals surface area contributed by atoms with Gasteiger partial charge in [-0.25, -0.2) is 0 Å². The third-order valence-corrected chi connectivity index (χ3v) is 11.7. The Kier molecular flexibility index (Phi) is 9.33. The first-order valence-corrected chi connectivity index (χ1v) is 15.8. The second-order valence-corrected chi connectivity index (χ2v) is 13.8. The highest BCUT2D eigenvalue weighted by molar-refractivity contribution is 5.69. The Bertz CT molecular complexity index is 765. The molecule has 0 aromatic carbocycles. The van der Waals surface area contributed by atoms with Crippen LogP contribution in [0.5, 0.6) is 0 Å². The zero-order chi connectivity index (χ0) is 25.9. The van der Waals surface area contributed by atoms with Crippen LogP contribution < -0.4 is 0 Å². The van der Waals surface area contributed by atoms with Crippen LogP contribution in [0.25, 0.3) is 0 Å². The van der Waals surface area contributed by atoms with Gasteiger partial charge < -0.3 is 9.84 Å². The molecule has 3 fully saturated rings. The maximum absolute atomic E-state index is 12.8. The molecule has 0 amide bonds. The SMILES string of the molecule is CCCCC(CCCC)OC(=O)CCC(C)[C@H]1CC[C@H]2[C@@H]3CC=C4C[C@@H](O)CC[C@]4(C)[C@H]3CC[C@]12C. The molecule has 0 saturated heterocycles. The zero-order valence-electron chi connectivity index (χ0n) is 24.2. The second kappa shape index (κ2) is 11.9. The van der Waals surface area contributed by atoms with Crippen molar-refractivity contribution >= 4 is 5.97 Å². The van der Waals surface area contributed by atoms with Crippen LogP contribution in [-0.2, 0) is 9.53 Å². The van der Waals surface area contributed by atoms with Crippen LogP contribution in [0, 0.1) is 40.4 Å². The molecular weight excluding hydrogens is 444 g/mol. The normalized spacial score (nSPS) is 38.6. The van der Waals surface area contributed by atoms with E-state index in [2.05, 4.69) is 40.7 Å². The molecule has 8 atom stereocenters. The van der Waals surface area contributed by atoms with Gasteiger partial charge in [0.25, 0.3) is 0 Å². The fourth-order valence-corrected chi connectivity index (χ4v) is 9.53. The monoisotopic (exact) mass is 500 g/mol. The average Bonchev–Trinajstić information content (AvgIpc) is 3.22. The minimum atomic E-state index is -0.119. The minimum Gasteiger partial charge on any atom is -0.462 e. The molecule has 1 unspecified atom stereocenters. The van der Waals surface area contributed by atoms with Gasteiger partial charge >= 0.3 is 5.97 Å². The highest BCUT2D eigenvalue weighted by Crippen LogP contribution is 2.67. The quantitative estimate of drug-likeness (QED) is 0.228. The second-order valence-electron chi connectivity index (χ2n) is 13.8. The van der Waals surface area contributed by atoms with Gasteiger partial charge in [0.15, 0.2) is 0 Å². The lowest BCUT2D eigenvalue weighted by atomic mass is 9.47. The summed E-state index contributed by atoms with van der Waals surface area (Å²) in [6, 6.07) is 0. The van der Waals surface area contributed by atoms with Crippen molar-refractivity contribution in [1.82, 2.24) is 0 Å². The molecule has 0 aromatic heterocycles. The van der Waals surface area contributed by atoms with Crippen LogP contribution in [0.4, 0.5) is 0 Å². The Hall–Kier alpha value is -0.830. The molecule has 0 aliphatic heterocycles. The molecule has 3 nitrogen and oxygen atoms in total. The molecule has 0 bridgehead atoms. The molecule has 1 N–H and O–H groups in total. The van der Waals surface area contributed by atoms with E-state index >= 15 is 0 Å². The summed E-state index contributed by atoms with van der Waals surface area (Å²) in [6.45, 7) is 12.0. The molecule has 206 valence electrons. The summed E-state index contributed by atoms with van der Waals surface area (Å²) >= 11 is 0. The number of carbonyl (C=O) groups excluding carboxylic acids is 1. The number of carbonyl (C=O) groups is 1. The van der Waals surface area contributed by atoms with Crippen LogP contribution >= 0.6 is 0 Å². The Labute approximate surface area is 222 Å². The third kappa shape index (κ3) is 5.62. The summed E-state index contributed by atoms with van der Waals surface area (Å²) in [6.07, 6.45) is 20.5. The number of aliphatic hydroxyl groups excluding tert-OH is 1. The summed E-state index contributed by atoms with van der Waals surface area (Å²) in [5.74, 6) is 3.80. The van der Waals surface area contributed by atoms with Crippen molar-refractivity contribution in [2.45, 2.75) is 150 Å². The Morgan fingerprint density at radius 1 is 1.03 bits per heavy atom.